The number of esters is 1. The molecular formula is C26H24BrN3O7. The Balaban J connectivity index is 1.53. The largest absolute Gasteiger partial charge is 0.493 e. The topological polar surface area (TPSA) is 125 Å². The summed E-state index contributed by atoms with van der Waals surface area (Å²) in [5.74, 6) is -0.170. The number of hydrogen-bond donors (Lipinski definition) is 2. The van der Waals surface area contributed by atoms with E-state index in [-0.39, 0.29) is 18.0 Å². The molecule has 2 amide bonds. The molecule has 0 aromatic heterocycles. The molecule has 11 heteroatoms. The van der Waals surface area contributed by atoms with Gasteiger partial charge in [0.1, 0.15) is 5.75 Å². The number of halogens is 1. The van der Waals surface area contributed by atoms with Gasteiger partial charge in [-0.1, -0.05) is 12.1 Å². The van der Waals surface area contributed by atoms with Gasteiger partial charge in [-0.2, -0.15) is 5.10 Å². The first-order valence-corrected chi connectivity index (χ1v) is 11.6. The smallest absolute Gasteiger partial charge is 0.343 e. The highest BCUT2D eigenvalue weighted by Crippen LogP contribution is 2.38. The number of ether oxygens (including phenoxy) is 4. The predicted molar refractivity (Wildman–Crippen MR) is 140 cm³/mol. The zero-order valence-electron chi connectivity index (χ0n) is 20.2. The number of benzene rings is 3. The Kier molecular flexibility index (Phi) is 9.61. The van der Waals surface area contributed by atoms with Crippen LogP contribution in [0.3, 0.4) is 0 Å². The predicted octanol–water partition coefficient (Wildman–Crippen LogP) is 3.57. The van der Waals surface area contributed by atoms with Gasteiger partial charge in [0.15, 0.2) is 11.5 Å². The van der Waals surface area contributed by atoms with Gasteiger partial charge in [-0.15, -0.1) is 0 Å². The Hall–Kier alpha value is -4.38. The fourth-order valence-electron chi connectivity index (χ4n) is 3.11. The number of hydrogen-bond acceptors (Lipinski definition) is 8. The maximum Gasteiger partial charge on any atom is 0.343 e. The number of hydrazone groups is 1. The van der Waals surface area contributed by atoms with E-state index in [4.69, 9.17) is 18.9 Å². The van der Waals surface area contributed by atoms with Gasteiger partial charge in [-0.05, 0) is 70.0 Å². The fraction of sp³-hybridized carbons (Fsp3) is 0.154. The van der Waals surface area contributed by atoms with E-state index in [0.717, 1.165) is 0 Å². The summed E-state index contributed by atoms with van der Waals surface area (Å²) in [6.07, 6.45) is 1.41. The first-order chi connectivity index (χ1) is 17.9. The maximum absolute atomic E-state index is 12.6. The highest BCUT2D eigenvalue weighted by atomic mass is 79.9. The molecule has 0 fully saturated rings. The average Bonchev–Trinajstić information content (AvgIpc) is 2.91. The van der Waals surface area contributed by atoms with E-state index >= 15 is 0 Å². The van der Waals surface area contributed by atoms with Crippen LogP contribution in [-0.4, -0.2) is 51.9 Å². The third-order valence-electron chi connectivity index (χ3n) is 4.92. The summed E-state index contributed by atoms with van der Waals surface area (Å²) in [5.41, 5.74) is 3.62. The van der Waals surface area contributed by atoms with Crippen molar-refractivity contribution in [2.24, 2.45) is 5.10 Å². The number of rotatable bonds is 10. The molecule has 2 N–H and O–H groups in total. The first kappa shape index (κ1) is 27.2. The lowest BCUT2D eigenvalue weighted by Crippen LogP contribution is -2.35. The number of carbonyl (C=O) groups is 3. The van der Waals surface area contributed by atoms with Crippen LogP contribution in [0.2, 0.25) is 0 Å². The van der Waals surface area contributed by atoms with Gasteiger partial charge in [0.2, 0.25) is 5.75 Å². The third kappa shape index (κ3) is 7.31. The summed E-state index contributed by atoms with van der Waals surface area (Å²) in [7, 11) is 4.38. The molecule has 192 valence electrons. The van der Waals surface area contributed by atoms with Gasteiger partial charge < -0.3 is 24.3 Å². The molecule has 0 aliphatic carbocycles. The van der Waals surface area contributed by atoms with E-state index in [1.54, 1.807) is 48.5 Å². The molecule has 3 rings (SSSR count). The van der Waals surface area contributed by atoms with Crippen LogP contribution in [0.4, 0.5) is 0 Å². The second-order valence-corrected chi connectivity index (χ2v) is 8.18. The number of amides is 2. The molecular weight excluding hydrogens is 546 g/mol. The lowest BCUT2D eigenvalue weighted by Gasteiger charge is -2.13. The molecule has 0 bridgehead atoms. The van der Waals surface area contributed by atoms with Crippen molar-refractivity contribution < 1.29 is 33.3 Å². The zero-order chi connectivity index (χ0) is 26.8. The molecule has 0 heterocycles. The Morgan fingerprint density at radius 1 is 0.919 bits per heavy atom. The van der Waals surface area contributed by atoms with Crippen molar-refractivity contribution >= 4 is 39.9 Å². The Morgan fingerprint density at radius 2 is 1.57 bits per heavy atom. The minimum absolute atomic E-state index is 0.217. The van der Waals surface area contributed by atoms with E-state index in [0.29, 0.717) is 38.6 Å². The van der Waals surface area contributed by atoms with Crippen LogP contribution < -0.4 is 29.7 Å². The van der Waals surface area contributed by atoms with Crippen LogP contribution in [0.25, 0.3) is 0 Å². The summed E-state index contributed by atoms with van der Waals surface area (Å²) in [6, 6.07) is 16.3. The molecule has 10 nitrogen and oxygen atoms in total. The SMILES string of the molecule is COc1cc(C(=O)Oc2ccc(C=NNC(=O)CNC(=O)c3ccccc3Br)cc2)cc(OC)c1OC. The monoisotopic (exact) mass is 569 g/mol. The molecule has 0 aliphatic rings. The van der Waals surface area contributed by atoms with E-state index in [2.05, 4.69) is 31.8 Å². The second kappa shape index (κ2) is 13.1. The van der Waals surface area contributed by atoms with Gasteiger partial charge in [-0.3, -0.25) is 9.59 Å². The Morgan fingerprint density at radius 3 is 2.16 bits per heavy atom. The standard InChI is InChI=1S/C26H24BrN3O7/c1-34-21-12-17(13-22(35-2)24(21)36-3)26(33)37-18-10-8-16(9-11-18)14-29-30-23(31)15-28-25(32)19-6-4-5-7-20(19)27/h4-14H,15H2,1-3H3,(H,28,32)(H,30,31). The summed E-state index contributed by atoms with van der Waals surface area (Å²) in [5, 5.41) is 6.39. The van der Waals surface area contributed by atoms with Gasteiger partial charge >= 0.3 is 5.97 Å². The minimum Gasteiger partial charge on any atom is -0.493 e. The van der Waals surface area contributed by atoms with Crippen LogP contribution in [0.5, 0.6) is 23.0 Å². The fourth-order valence-corrected chi connectivity index (χ4v) is 3.57. The lowest BCUT2D eigenvalue weighted by atomic mass is 10.2. The van der Waals surface area contributed by atoms with Crippen LogP contribution >= 0.6 is 15.9 Å². The summed E-state index contributed by atoms with van der Waals surface area (Å²) in [6.45, 7) is -0.243. The molecule has 0 radical (unpaired) electrons. The molecule has 0 saturated carbocycles. The van der Waals surface area contributed by atoms with Crippen molar-refractivity contribution in [2.75, 3.05) is 27.9 Å². The van der Waals surface area contributed by atoms with Crippen molar-refractivity contribution in [3.63, 3.8) is 0 Å². The molecule has 3 aromatic carbocycles. The van der Waals surface area contributed by atoms with Gasteiger partial charge in [-0.25, -0.2) is 10.2 Å². The van der Waals surface area contributed by atoms with E-state index < -0.39 is 11.9 Å². The molecule has 3 aromatic rings. The van der Waals surface area contributed by atoms with Crippen LogP contribution in [0.1, 0.15) is 26.3 Å². The number of nitrogens with zero attached hydrogens (tertiary/aromatic N) is 1. The zero-order valence-corrected chi connectivity index (χ0v) is 21.8. The maximum atomic E-state index is 12.6. The Labute approximate surface area is 221 Å². The number of methoxy groups -OCH3 is 3. The summed E-state index contributed by atoms with van der Waals surface area (Å²) in [4.78, 5) is 36.7. The quantitative estimate of drug-likeness (QED) is 0.165. The van der Waals surface area contributed by atoms with Crippen molar-refractivity contribution in [3.05, 3.63) is 81.8 Å². The van der Waals surface area contributed by atoms with Gasteiger partial charge in [0, 0.05) is 4.47 Å². The number of carbonyl (C=O) groups excluding carboxylic acids is 3. The highest BCUT2D eigenvalue weighted by molar-refractivity contribution is 9.10. The highest BCUT2D eigenvalue weighted by Gasteiger charge is 2.18. The third-order valence-corrected chi connectivity index (χ3v) is 5.61. The van der Waals surface area contributed by atoms with Crippen molar-refractivity contribution in [1.82, 2.24) is 10.7 Å². The van der Waals surface area contributed by atoms with E-state index in [1.165, 1.54) is 39.7 Å². The number of nitrogens with one attached hydrogen (secondary N) is 2. The van der Waals surface area contributed by atoms with Crippen LogP contribution in [0.15, 0.2) is 70.2 Å². The van der Waals surface area contributed by atoms with Crippen molar-refractivity contribution in [2.45, 2.75) is 0 Å². The first-order valence-electron chi connectivity index (χ1n) is 10.8. The molecule has 0 spiro atoms. The second-order valence-electron chi connectivity index (χ2n) is 7.33. The minimum atomic E-state index is -0.613. The van der Waals surface area contributed by atoms with Gasteiger partial charge in [0.25, 0.3) is 11.8 Å². The molecule has 0 atom stereocenters. The van der Waals surface area contributed by atoms with Crippen LogP contribution in [-0.2, 0) is 4.79 Å². The van der Waals surface area contributed by atoms with E-state index in [9.17, 15) is 14.4 Å². The Bertz CT molecular complexity index is 1280. The van der Waals surface area contributed by atoms with Crippen molar-refractivity contribution in [3.8, 4) is 23.0 Å². The lowest BCUT2D eigenvalue weighted by molar-refractivity contribution is -0.120. The molecule has 0 aliphatic heterocycles. The summed E-state index contributed by atoms with van der Waals surface area (Å²) < 4.78 is 21.8. The van der Waals surface area contributed by atoms with E-state index in [1.807, 2.05) is 0 Å². The van der Waals surface area contributed by atoms with Crippen LogP contribution in [0, 0.1) is 0 Å². The molecule has 37 heavy (non-hydrogen) atoms. The van der Waals surface area contributed by atoms with Crippen molar-refractivity contribution in [1.29, 1.82) is 0 Å². The summed E-state index contributed by atoms with van der Waals surface area (Å²) >= 11 is 3.29. The molecule has 0 unspecified atom stereocenters. The van der Waals surface area contributed by atoms with Gasteiger partial charge in [0.05, 0.1) is 45.2 Å². The molecule has 0 saturated heterocycles. The average molecular weight is 570 g/mol. The normalized spacial score (nSPS) is 10.5.